The molecule has 1 atom stereocenters. The summed E-state index contributed by atoms with van der Waals surface area (Å²) < 4.78 is 33.2. The zero-order valence-electron chi connectivity index (χ0n) is 14.7. The predicted octanol–water partition coefficient (Wildman–Crippen LogP) is 4.56. The van der Waals surface area contributed by atoms with Crippen molar-refractivity contribution in [3.8, 4) is 5.75 Å². The Hall–Kier alpha value is -1.56. The van der Waals surface area contributed by atoms with Crippen molar-refractivity contribution in [1.82, 2.24) is 4.72 Å². The zero-order valence-corrected chi connectivity index (χ0v) is 16.3. The average molecular weight is 382 g/mol. The molecule has 6 heteroatoms. The molecule has 0 heterocycles. The highest BCUT2D eigenvalue weighted by molar-refractivity contribution is 7.88. The number of hydrogen-bond donors (Lipinski definition) is 1. The molecule has 0 saturated carbocycles. The van der Waals surface area contributed by atoms with Gasteiger partial charge in [-0.25, -0.2) is 13.1 Å². The van der Waals surface area contributed by atoms with Gasteiger partial charge in [0.25, 0.3) is 0 Å². The van der Waals surface area contributed by atoms with Gasteiger partial charge in [-0.1, -0.05) is 49.7 Å². The van der Waals surface area contributed by atoms with E-state index in [4.69, 9.17) is 16.3 Å². The summed E-state index contributed by atoms with van der Waals surface area (Å²) in [6.45, 7) is 4.15. The molecule has 2 aromatic rings. The zero-order chi connectivity index (χ0) is 18.4. The fraction of sp³-hybridized carbons (Fsp3) is 0.368. The van der Waals surface area contributed by atoms with Crippen molar-refractivity contribution in [1.29, 1.82) is 0 Å². The van der Waals surface area contributed by atoms with Crippen LogP contribution in [0, 0.1) is 5.92 Å². The number of nitrogens with one attached hydrogen (secondary N) is 1. The molecular formula is C19H24ClNO3S. The van der Waals surface area contributed by atoms with Gasteiger partial charge in [-0.2, -0.15) is 0 Å². The molecular weight excluding hydrogens is 358 g/mol. The average Bonchev–Trinajstić information content (AvgIpc) is 2.55. The summed E-state index contributed by atoms with van der Waals surface area (Å²) in [6, 6.07) is 14.1. The maximum atomic E-state index is 12.6. The minimum Gasteiger partial charge on any atom is -0.497 e. The first-order chi connectivity index (χ1) is 11.8. The lowest BCUT2D eigenvalue weighted by Gasteiger charge is -2.21. The van der Waals surface area contributed by atoms with Crippen LogP contribution >= 0.6 is 11.6 Å². The molecule has 0 aliphatic carbocycles. The molecule has 0 bridgehead atoms. The van der Waals surface area contributed by atoms with Crippen molar-refractivity contribution in [2.75, 3.05) is 7.11 Å². The highest BCUT2D eigenvalue weighted by atomic mass is 35.5. The monoisotopic (exact) mass is 381 g/mol. The van der Waals surface area contributed by atoms with E-state index in [9.17, 15) is 8.42 Å². The SMILES string of the molecule is COc1ccc([C@H](CC(C)C)NS(=O)(=O)Cc2ccc(Cl)cc2)cc1. The summed E-state index contributed by atoms with van der Waals surface area (Å²) in [6.07, 6.45) is 0.714. The van der Waals surface area contributed by atoms with Gasteiger partial charge in [-0.3, -0.25) is 0 Å². The third kappa shape index (κ3) is 6.34. The number of benzene rings is 2. The summed E-state index contributed by atoms with van der Waals surface area (Å²) in [5.74, 6) is 1.02. The molecule has 0 amide bonds. The third-order valence-corrected chi connectivity index (χ3v) is 5.43. The summed E-state index contributed by atoms with van der Waals surface area (Å²) in [7, 11) is -1.87. The Morgan fingerprint density at radius 3 is 2.16 bits per heavy atom. The molecule has 0 unspecified atom stereocenters. The van der Waals surface area contributed by atoms with Crippen LogP contribution in [0.1, 0.15) is 37.4 Å². The molecule has 25 heavy (non-hydrogen) atoms. The number of halogens is 1. The van der Waals surface area contributed by atoms with Gasteiger partial charge in [0, 0.05) is 11.1 Å². The summed E-state index contributed by atoms with van der Waals surface area (Å²) in [5, 5.41) is 0.588. The fourth-order valence-corrected chi connectivity index (χ4v) is 4.12. The van der Waals surface area contributed by atoms with Gasteiger partial charge in [0.15, 0.2) is 0 Å². The van der Waals surface area contributed by atoms with Crippen LogP contribution in [-0.4, -0.2) is 15.5 Å². The van der Waals surface area contributed by atoms with Crippen LogP contribution in [0.3, 0.4) is 0 Å². The maximum Gasteiger partial charge on any atom is 0.216 e. The van der Waals surface area contributed by atoms with Crippen molar-refractivity contribution in [3.05, 3.63) is 64.7 Å². The molecule has 4 nitrogen and oxygen atoms in total. The van der Waals surface area contributed by atoms with E-state index in [1.807, 2.05) is 24.3 Å². The number of sulfonamides is 1. The van der Waals surface area contributed by atoms with Crippen molar-refractivity contribution in [3.63, 3.8) is 0 Å². The van der Waals surface area contributed by atoms with Crippen LogP contribution in [0.4, 0.5) is 0 Å². The molecule has 0 aliphatic heterocycles. The molecule has 2 aromatic carbocycles. The van der Waals surface area contributed by atoms with E-state index >= 15 is 0 Å². The van der Waals surface area contributed by atoms with Gasteiger partial charge in [0.05, 0.1) is 12.9 Å². The van der Waals surface area contributed by atoms with Crippen LogP contribution in [0.25, 0.3) is 0 Å². The Labute approximate surface area is 155 Å². The van der Waals surface area contributed by atoms with Crippen LogP contribution in [-0.2, 0) is 15.8 Å². The number of methoxy groups -OCH3 is 1. The lowest BCUT2D eigenvalue weighted by atomic mass is 9.98. The van der Waals surface area contributed by atoms with Crippen LogP contribution < -0.4 is 9.46 Å². The standard InChI is InChI=1S/C19H24ClNO3S/c1-14(2)12-19(16-6-10-18(24-3)11-7-16)21-25(22,23)13-15-4-8-17(20)9-5-15/h4-11,14,19,21H,12-13H2,1-3H3/t19-/m0/s1. The van der Waals surface area contributed by atoms with E-state index in [-0.39, 0.29) is 11.8 Å². The Balaban J connectivity index is 2.17. The Kier molecular flexibility index (Phi) is 6.87. The molecule has 136 valence electrons. The van der Waals surface area contributed by atoms with E-state index in [1.54, 1.807) is 31.4 Å². The second-order valence-corrected chi connectivity index (χ2v) is 8.65. The first-order valence-electron chi connectivity index (χ1n) is 8.17. The molecule has 1 N–H and O–H groups in total. The minimum atomic E-state index is -3.48. The highest BCUT2D eigenvalue weighted by Crippen LogP contribution is 2.25. The summed E-state index contributed by atoms with van der Waals surface area (Å²) in [4.78, 5) is 0. The molecule has 0 aromatic heterocycles. The van der Waals surface area contributed by atoms with Crippen molar-refractivity contribution in [2.45, 2.75) is 32.1 Å². The smallest absolute Gasteiger partial charge is 0.216 e. The number of ether oxygens (including phenoxy) is 1. The molecule has 2 rings (SSSR count). The minimum absolute atomic E-state index is 0.0745. The van der Waals surface area contributed by atoms with E-state index in [0.29, 0.717) is 22.9 Å². The van der Waals surface area contributed by atoms with Crippen molar-refractivity contribution >= 4 is 21.6 Å². The Morgan fingerprint density at radius 2 is 1.64 bits per heavy atom. The van der Waals surface area contributed by atoms with Crippen molar-refractivity contribution in [2.24, 2.45) is 5.92 Å². The molecule has 0 aliphatic rings. The highest BCUT2D eigenvalue weighted by Gasteiger charge is 2.21. The van der Waals surface area contributed by atoms with Gasteiger partial charge in [-0.15, -0.1) is 0 Å². The topological polar surface area (TPSA) is 55.4 Å². The van der Waals surface area contributed by atoms with Crippen LogP contribution in [0.15, 0.2) is 48.5 Å². The Morgan fingerprint density at radius 1 is 1.04 bits per heavy atom. The van der Waals surface area contributed by atoms with E-state index in [2.05, 4.69) is 18.6 Å². The number of hydrogen-bond acceptors (Lipinski definition) is 3. The first-order valence-corrected chi connectivity index (χ1v) is 10.2. The summed E-state index contributed by atoms with van der Waals surface area (Å²) in [5.41, 5.74) is 1.63. The largest absolute Gasteiger partial charge is 0.497 e. The van der Waals surface area contributed by atoms with Gasteiger partial charge in [0.2, 0.25) is 10.0 Å². The molecule has 0 spiro atoms. The lowest BCUT2D eigenvalue weighted by molar-refractivity contribution is 0.414. The molecule has 0 radical (unpaired) electrons. The molecule has 0 saturated heterocycles. The second-order valence-electron chi connectivity index (χ2n) is 6.46. The molecule has 0 fully saturated rings. The van der Waals surface area contributed by atoms with Gasteiger partial charge >= 0.3 is 0 Å². The van der Waals surface area contributed by atoms with Gasteiger partial charge in [0.1, 0.15) is 5.75 Å². The quantitative estimate of drug-likeness (QED) is 0.729. The third-order valence-electron chi connectivity index (χ3n) is 3.82. The van der Waals surface area contributed by atoms with E-state index < -0.39 is 10.0 Å². The van der Waals surface area contributed by atoms with Gasteiger partial charge in [-0.05, 0) is 47.7 Å². The second kappa shape index (κ2) is 8.70. The fourth-order valence-electron chi connectivity index (χ4n) is 2.62. The Bertz CT molecular complexity index is 771. The van der Waals surface area contributed by atoms with E-state index in [1.165, 1.54) is 0 Å². The maximum absolute atomic E-state index is 12.6. The predicted molar refractivity (Wildman–Crippen MR) is 102 cm³/mol. The van der Waals surface area contributed by atoms with Crippen LogP contribution in [0.2, 0.25) is 5.02 Å². The lowest BCUT2D eigenvalue weighted by Crippen LogP contribution is -2.30. The van der Waals surface area contributed by atoms with Crippen molar-refractivity contribution < 1.29 is 13.2 Å². The first kappa shape index (κ1) is 19.8. The van der Waals surface area contributed by atoms with Crippen LogP contribution in [0.5, 0.6) is 5.75 Å². The van der Waals surface area contributed by atoms with Gasteiger partial charge < -0.3 is 4.74 Å². The summed E-state index contributed by atoms with van der Waals surface area (Å²) >= 11 is 5.85. The van der Waals surface area contributed by atoms with E-state index in [0.717, 1.165) is 11.3 Å². The number of rotatable bonds is 8. The normalized spacial score (nSPS) is 13.0.